The van der Waals surface area contributed by atoms with Gasteiger partial charge in [-0.05, 0) is 147 Å². The molecular weight excluding hydrogens is 871 g/mol. The summed E-state index contributed by atoms with van der Waals surface area (Å²) in [5.74, 6) is 0. The molecule has 0 aliphatic carbocycles. The number of hydrogen-bond donors (Lipinski definition) is 0. The summed E-state index contributed by atoms with van der Waals surface area (Å²) in [5.41, 5.74) is 25.7. The van der Waals surface area contributed by atoms with Crippen molar-refractivity contribution in [2.45, 2.75) is 39.5 Å². The fraction of sp³-hybridized carbons (Fsp3) is 0.0870. The fourth-order valence-corrected chi connectivity index (χ4v) is 9.99. The maximum atomic E-state index is 5.17. The van der Waals surface area contributed by atoms with E-state index in [0.717, 1.165) is 81.7 Å². The third-order valence-corrected chi connectivity index (χ3v) is 14.0. The lowest BCUT2D eigenvalue weighted by atomic mass is 9.87. The van der Waals surface area contributed by atoms with Gasteiger partial charge in [0.15, 0.2) is 0 Å². The molecule has 0 atom stereocenters. The number of rotatable bonds is 14. The van der Waals surface area contributed by atoms with Crippen LogP contribution in [-0.2, 0) is 25.7 Å². The molecule has 0 aliphatic heterocycles. The monoisotopic (exact) mass is 925 g/mol. The quantitative estimate of drug-likeness (QED) is 0.109. The van der Waals surface area contributed by atoms with Crippen LogP contribution in [0.3, 0.4) is 0 Å². The topological polar surface area (TPSA) is 38.7 Å². The molecule has 3 nitrogen and oxygen atoms in total. The average Bonchev–Trinajstić information content (AvgIpc) is 3.45. The molecular formula is C69H55N3. The van der Waals surface area contributed by atoms with Gasteiger partial charge in [-0.1, -0.05) is 206 Å². The highest BCUT2D eigenvalue weighted by Gasteiger charge is 2.17. The van der Waals surface area contributed by atoms with E-state index in [-0.39, 0.29) is 0 Å². The van der Waals surface area contributed by atoms with E-state index in [4.69, 9.17) is 15.0 Å². The van der Waals surface area contributed by atoms with Gasteiger partial charge in [0.05, 0.1) is 17.1 Å². The Kier molecular flexibility index (Phi) is 13.3. The molecule has 0 spiro atoms. The van der Waals surface area contributed by atoms with E-state index in [1.54, 1.807) is 0 Å². The summed E-state index contributed by atoms with van der Waals surface area (Å²) in [5, 5.41) is 0. The lowest BCUT2D eigenvalue weighted by molar-refractivity contribution is 0.913. The molecule has 11 aromatic rings. The average molecular weight is 926 g/mol. The molecule has 0 amide bonds. The first-order valence-electron chi connectivity index (χ1n) is 25.1. The van der Waals surface area contributed by atoms with Gasteiger partial charge in [0, 0.05) is 40.8 Å². The summed E-state index contributed by atoms with van der Waals surface area (Å²) in [4.78, 5) is 15.0. The molecule has 0 unspecified atom stereocenters. The van der Waals surface area contributed by atoms with Gasteiger partial charge in [-0.25, -0.2) is 0 Å². The van der Waals surface area contributed by atoms with Crippen molar-refractivity contribution in [1.29, 1.82) is 0 Å². The highest BCUT2D eigenvalue weighted by molar-refractivity contribution is 5.93. The zero-order chi connectivity index (χ0) is 48.6. The van der Waals surface area contributed by atoms with Crippen LogP contribution in [0.15, 0.2) is 249 Å². The minimum absolute atomic E-state index is 0.891. The van der Waals surface area contributed by atoms with Gasteiger partial charge in [0.1, 0.15) is 0 Å². The SMILES string of the molecule is Cc1cc(-c2ccccc2)ncc1CCc1cc(CCc2cnc(-c3ccccc3)cc2C)cc(-c2ccccc2-c2cnc(-c3ccccc3)cc2-c2ccc(-c3cccc(-c4ccccc4)c3)cc2)c1. The fourth-order valence-electron chi connectivity index (χ4n) is 9.99. The maximum absolute atomic E-state index is 5.17. The Labute approximate surface area is 424 Å². The third kappa shape index (κ3) is 10.2. The van der Waals surface area contributed by atoms with Crippen LogP contribution in [0, 0.1) is 13.8 Å². The summed E-state index contributed by atoms with van der Waals surface area (Å²) < 4.78 is 0. The Morgan fingerprint density at radius 3 is 1.15 bits per heavy atom. The molecule has 0 aliphatic rings. The Balaban J connectivity index is 0.963. The Hall–Kier alpha value is -8.79. The van der Waals surface area contributed by atoms with Gasteiger partial charge in [-0.2, -0.15) is 0 Å². The van der Waals surface area contributed by atoms with Crippen LogP contribution in [0.5, 0.6) is 0 Å². The van der Waals surface area contributed by atoms with Crippen molar-refractivity contribution in [3.8, 4) is 89.4 Å². The van der Waals surface area contributed by atoms with E-state index < -0.39 is 0 Å². The van der Waals surface area contributed by atoms with Gasteiger partial charge in [0.25, 0.3) is 0 Å². The molecule has 0 N–H and O–H groups in total. The first-order valence-corrected chi connectivity index (χ1v) is 25.1. The van der Waals surface area contributed by atoms with Crippen molar-refractivity contribution in [2.24, 2.45) is 0 Å². The second-order valence-corrected chi connectivity index (χ2v) is 18.8. The normalized spacial score (nSPS) is 11.1. The molecule has 346 valence electrons. The maximum Gasteiger partial charge on any atom is 0.0708 e. The lowest BCUT2D eigenvalue weighted by Gasteiger charge is -2.18. The van der Waals surface area contributed by atoms with E-state index in [9.17, 15) is 0 Å². The van der Waals surface area contributed by atoms with Gasteiger partial charge in [-0.3, -0.25) is 15.0 Å². The van der Waals surface area contributed by atoms with E-state index in [1.807, 2.05) is 0 Å². The number of hydrogen-bond acceptors (Lipinski definition) is 3. The number of aryl methyl sites for hydroxylation is 6. The van der Waals surface area contributed by atoms with Crippen molar-refractivity contribution >= 4 is 0 Å². The number of aromatic nitrogens is 3. The molecule has 0 saturated carbocycles. The largest absolute Gasteiger partial charge is 0.256 e. The predicted octanol–water partition coefficient (Wildman–Crippen LogP) is 17.4. The molecule has 3 heteroatoms. The molecule has 11 rings (SSSR count). The summed E-state index contributed by atoms with van der Waals surface area (Å²) in [6.45, 7) is 4.43. The van der Waals surface area contributed by atoms with E-state index in [0.29, 0.717) is 0 Å². The third-order valence-electron chi connectivity index (χ3n) is 14.0. The number of pyridine rings is 3. The second kappa shape index (κ2) is 21.1. The minimum Gasteiger partial charge on any atom is -0.256 e. The van der Waals surface area contributed by atoms with Gasteiger partial charge in [-0.15, -0.1) is 0 Å². The first kappa shape index (κ1) is 45.6. The van der Waals surface area contributed by atoms with Crippen molar-refractivity contribution < 1.29 is 0 Å². The van der Waals surface area contributed by atoms with E-state index >= 15 is 0 Å². The summed E-state index contributed by atoms with van der Waals surface area (Å²) >= 11 is 0. The standard InChI is InChI=1S/C69H55N3/c1-48-38-67(55-20-9-4-10-21-55)70-45-60(48)32-30-50-40-51(31-33-61-46-71-68(39-49(61)2)56-22-11-5-12-23-56)42-62(41-50)63-28-15-16-29-64(63)66-47-72-69(57-24-13-6-14-25-57)44-65(66)54-36-34-53(35-37-54)59-27-17-26-58(43-59)52-18-7-3-8-19-52/h3-29,34-47H,30-33H2,1-2H3. The lowest BCUT2D eigenvalue weighted by Crippen LogP contribution is -2.01. The van der Waals surface area contributed by atoms with Gasteiger partial charge >= 0.3 is 0 Å². The van der Waals surface area contributed by atoms with Crippen LogP contribution < -0.4 is 0 Å². The number of benzene rings is 8. The first-order chi connectivity index (χ1) is 35.5. The predicted molar refractivity (Wildman–Crippen MR) is 300 cm³/mol. The zero-order valence-corrected chi connectivity index (χ0v) is 40.8. The van der Waals surface area contributed by atoms with Gasteiger partial charge in [0.2, 0.25) is 0 Å². The molecule has 0 radical (unpaired) electrons. The second-order valence-electron chi connectivity index (χ2n) is 18.8. The van der Waals surface area contributed by atoms with Crippen LogP contribution in [-0.4, -0.2) is 15.0 Å². The molecule has 0 fully saturated rings. The van der Waals surface area contributed by atoms with E-state index in [1.165, 1.54) is 66.8 Å². The number of nitrogens with zero attached hydrogens (tertiary/aromatic N) is 3. The molecule has 3 heterocycles. The van der Waals surface area contributed by atoms with E-state index in [2.05, 4.69) is 263 Å². The van der Waals surface area contributed by atoms with Crippen molar-refractivity contribution in [3.05, 3.63) is 282 Å². The molecule has 72 heavy (non-hydrogen) atoms. The summed E-state index contributed by atoms with van der Waals surface area (Å²) in [6.07, 6.45) is 9.81. The Bertz CT molecular complexity index is 3510. The Morgan fingerprint density at radius 1 is 0.250 bits per heavy atom. The van der Waals surface area contributed by atoms with Gasteiger partial charge < -0.3 is 0 Å². The van der Waals surface area contributed by atoms with Crippen LogP contribution in [0.4, 0.5) is 0 Å². The van der Waals surface area contributed by atoms with Crippen molar-refractivity contribution in [3.63, 3.8) is 0 Å². The molecule has 0 saturated heterocycles. The summed E-state index contributed by atoms with van der Waals surface area (Å²) in [7, 11) is 0. The Morgan fingerprint density at radius 2 is 0.653 bits per heavy atom. The van der Waals surface area contributed by atoms with Crippen LogP contribution in [0.2, 0.25) is 0 Å². The summed E-state index contributed by atoms with van der Waals surface area (Å²) in [6, 6.07) is 82.7. The molecule has 8 aromatic carbocycles. The minimum atomic E-state index is 0.891. The van der Waals surface area contributed by atoms with Crippen LogP contribution >= 0.6 is 0 Å². The molecule has 3 aromatic heterocycles. The van der Waals surface area contributed by atoms with Crippen LogP contribution in [0.25, 0.3) is 89.4 Å². The zero-order valence-electron chi connectivity index (χ0n) is 40.8. The molecule has 0 bridgehead atoms. The van der Waals surface area contributed by atoms with Crippen molar-refractivity contribution in [1.82, 2.24) is 15.0 Å². The van der Waals surface area contributed by atoms with Crippen molar-refractivity contribution in [2.75, 3.05) is 0 Å². The smallest absolute Gasteiger partial charge is 0.0708 e. The van der Waals surface area contributed by atoms with Crippen LogP contribution in [0.1, 0.15) is 33.4 Å². The highest BCUT2D eigenvalue weighted by atomic mass is 14.7. The highest BCUT2D eigenvalue weighted by Crippen LogP contribution is 2.41.